The summed E-state index contributed by atoms with van der Waals surface area (Å²) in [6, 6.07) is 1.77. The molecule has 0 bridgehead atoms. The molecular weight excluding hydrogens is 257 g/mol. The van der Waals surface area contributed by atoms with Crippen LogP contribution in [0.5, 0.6) is 0 Å². The van der Waals surface area contributed by atoms with Crippen molar-refractivity contribution >= 4 is 28.5 Å². The molecule has 18 heavy (non-hydrogen) atoms. The number of amidine groups is 1. The maximum atomic E-state index is 13.1. The first-order chi connectivity index (χ1) is 8.65. The third kappa shape index (κ3) is 1.70. The number of aromatic nitrogens is 2. The Morgan fingerprint density at radius 1 is 1.44 bits per heavy atom. The maximum absolute atomic E-state index is 13.1. The lowest BCUT2D eigenvalue weighted by atomic mass is 10.2. The van der Waals surface area contributed by atoms with Crippen molar-refractivity contribution in [3.05, 3.63) is 40.7 Å². The summed E-state index contributed by atoms with van der Waals surface area (Å²) in [6.45, 7) is 0.0331. The van der Waals surface area contributed by atoms with Crippen LogP contribution in [0.1, 0.15) is 5.56 Å². The van der Waals surface area contributed by atoms with Crippen molar-refractivity contribution in [3.63, 3.8) is 0 Å². The van der Waals surface area contributed by atoms with E-state index < -0.39 is 5.83 Å². The van der Waals surface area contributed by atoms with E-state index in [9.17, 15) is 4.39 Å². The zero-order valence-electron chi connectivity index (χ0n) is 9.17. The number of nitrogens with zero attached hydrogens (tertiary/aromatic N) is 2. The molecule has 2 aromatic rings. The Kier molecular flexibility index (Phi) is 2.45. The van der Waals surface area contributed by atoms with E-state index in [4.69, 9.17) is 17.3 Å². The smallest absolute Gasteiger partial charge is 0.161 e. The second-order valence-corrected chi connectivity index (χ2v) is 4.29. The molecule has 0 amide bonds. The first kappa shape index (κ1) is 11.0. The fourth-order valence-corrected chi connectivity index (χ4v) is 1.96. The van der Waals surface area contributed by atoms with Gasteiger partial charge in [-0.1, -0.05) is 11.6 Å². The van der Waals surface area contributed by atoms with Gasteiger partial charge >= 0.3 is 0 Å². The molecule has 0 fully saturated rings. The first-order valence-electron chi connectivity index (χ1n) is 5.25. The normalized spacial score (nSPS) is 15.8. The summed E-state index contributed by atoms with van der Waals surface area (Å²) in [4.78, 5) is 11.1. The number of nitrogens with one attached hydrogen (secondary N) is 2. The molecule has 0 saturated carbocycles. The fraction of sp³-hybridized carbons (Fsp3) is 0.0909. The molecule has 0 unspecified atom stereocenters. The highest BCUT2D eigenvalue weighted by atomic mass is 35.5. The molecule has 2 aromatic heterocycles. The van der Waals surface area contributed by atoms with Gasteiger partial charge in [0, 0.05) is 23.3 Å². The number of nitrogens with two attached hydrogens (primary N) is 1. The van der Waals surface area contributed by atoms with E-state index in [1.807, 2.05) is 0 Å². The van der Waals surface area contributed by atoms with Gasteiger partial charge in [-0.25, -0.2) is 14.4 Å². The minimum absolute atomic E-state index is 0.0331. The van der Waals surface area contributed by atoms with E-state index in [-0.39, 0.29) is 12.4 Å². The maximum Gasteiger partial charge on any atom is 0.161 e. The van der Waals surface area contributed by atoms with Crippen LogP contribution in [0, 0.1) is 0 Å². The van der Waals surface area contributed by atoms with Crippen LogP contribution >= 0.6 is 11.6 Å². The Hall–Kier alpha value is -2.08. The van der Waals surface area contributed by atoms with Crippen molar-refractivity contribution in [1.82, 2.24) is 15.3 Å². The van der Waals surface area contributed by atoms with Crippen LogP contribution in [0.25, 0.3) is 11.0 Å². The largest absolute Gasteiger partial charge is 0.381 e. The van der Waals surface area contributed by atoms with Gasteiger partial charge in [-0.2, -0.15) is 0 Å². The molecule has 92 valence electrons. The average Bonchev–Trinajstić information content (AvgIpc) is 2.75. The average molecular weight is 266 g/mol. The summed E-state index contributed by atoms with van der Waals surface area (Å²) in [7, 11) is 0. The topological polar surface area (TPSA) is 79.1 Å². The van der Waals surface area contributed by atoms with E-state index in [1.54, 1.807) is 18.5 Å². The molecule has 3 heterocycles. The molecule has 7 heteroatoms. The zero-order valence-corrected chi connectivity index (χ0v) is 9.92. The Balaban J connectivity index is 2.16. The number of rotatable bonds is 1. The van der Waals surface area contributed by atoms with Gasteiger partial charge in [0.25, 0.3) is 0 Å². The zero-order chi connectivity index (χ0) is 12.7. The van der Waals surface area contributed by atoms with Crippen molar-refractivity contribution in [2.75, 3.05) is 6.54 Å². The molecule has 0 saturated heterocycles. The highest BCUT2D eigenvalue weighted by Crippen LogP contribution is 2.21. The van der Waals surface area contributed by atoms with Gasteiger partial charge in [-0.15, -0.1) is 0 Å². The second-order valence-electron chi connectivity index (χ2n) is 3.86. The van der Waals surface area contributed by atoms with Gasteiger partial charge < -0.3 is 16.0 Å². The SMILES string of the molecule is NC1=C(F)CNC(c2c[nH]c3ncc(Cl)cc23)=N1. The third-order valence-corrected chi connectivity index (χ3v) is 2.88. The van der Waals surface area contributed by atoms with Crippen molar-refractivity contribution in [1.29, 1.82) is 0 Å². The number of pyridine rings is 1. The first-order valence-corrected chi connectivity index (χ1v) is 5.62. The number of halogens is 2. The summed E-state index contributed by atoms with van der Waals surface area (Å²) in [6.07, 6.45) is 3.28. The third-order valence-electron chi connectivity index (χ3n) is 2.67. The number of hydrogen-bond acceptors (Lipinski definition) is 4. The molecular formula is C11H9ClFN5. The van der Waals surface area contributed by atoms with E-state index in [0.29, 0.717) is 16.5 Å². The molecule has 0 aliphatic carbocycles. The van der Waals surface area contributed by atoms with Crippen LogP contribution < -0.4 is 11.1 Å². The predicted octanol–water partition coefficient (Wildman–Crippen LogP) is 1.66. The summed E-state index contributed by atoms with van der Waals surface area (Å²) < 4.78 is 13.1. The minimum Gasteiger partial charge on any atom is -0.381 e. The molecule has 3 rings (SSSR count). The monoisotopic (exact) mass is 265 g/mol. The van der Waals surface area contributed by atoms with Crippen LogP contribution in [0.4, 0.5) is 4.39 Å². The van der Waals surface area contributed by atoms with E-state index in [2.05, 4.69) is 20.3 Å². The summed E-state index contributed by atoms with van der Waals surface area (Å²) >= 11 is 5.91. The summed E-state index contributed by atoms with van der Waals surface area (Å²) in [5, 5.41) is 4.19. The predicted molar refractivity (Wildman–Crippen MR) is 68.0 cm³/mol. The molecule has 0 atom stereocenters. The fourth-order valence-electron chi connectivity index (χ4n) is 1.80. The van der Waals surface area contributed by atoms with Crippen molar-refractivity contribution < 1.29 is 4.39 Å². The summed E-state index contributed by atoms with van der Waals surface area (Å²) in [5.74, 6) is -0.0629. The van der Waals surface area contributed by atoms with Crippen LogP contribution in [0.15, 0.2) is 35.1 Å². The Morgan fingerprint density at radius 3 is 3.06 bits per heavy atom. The van der Waals surface area contributed by atoms with Gasteiger partial charge in [-0.05, 0) is 6.07 Å². The molecule has 0 radical (unpaired) electrons. The van der Waals surface area contributed by atoms with Crippen molar-refractivity contribution in [3.8, 4) is 0 Å². The minimum atomic E-state index is -0.463. The number of aliphatic imine (C=N–C) groups is 1. The van der Waals surface area contributed by atoms with Crippen LogP contribution in [-0.4, -0.2) is 22.3 Å². The van der Waals surface area contributed by atoms with E-state index in [1.165, 1.54) is 0 Å². The Labute approximate surface area is 107 Å². The van der Waals surface area contributed by atoms with Gasteiger partial charge in [0.05, 0.1) is 11.6 Å². The number of aromatic amines is 1. The van der Waals surface area contributed by atoms with Crippen molar-refractivity contribution in [2.45, 2.75) is 0 Å². The lowest BCUT2D eigenvalue weighted by molar-refractivity contribution is 0.581. The van der Waals surface area contributed by atoms with Gasteiger partial charge in [-0.3, -0.25) is 0 Å². The highest BCUT2D eigenvalue weighted by molar-refractivity contribution is 6.31. The lowest BCUT2D eigenvalue weighted by Crippen LogP contribution is -2.31. The van der Waals surface area contributed by atoms with Gasteiger partial charge in [0.15, 0.2) is 11.6 Å². The van der Waals surface area contributed by atoms with E-state index >= 15 is 0 Å². The summed E-state index contributed by atoms with van der Waals surface area (Å²) in [5.41, 5.74) is 6.92. The number of hydrogen-bond donors (Lipinski definition) is 3. The lowest BCUT2D eigenvalue weighted by Gasteiger charge is -2.13. The Morgan fingerprint density at radius 2 is 2.28 bits per heavy atom. The highest BCUT2D eigenvalue weighted by Gasteiger charge is 2.17. The second kappa shape index (κ2) is 3.99. The van der Waals surface area contributed by atoms with E-state index in [0.717, 1.165) is 10.9 Å². The van der Waals surface area contributed by atoms with Crippen LogP contribution in [0.3, 0.4) is 0 Å². The molecule has 1 aliphatic rings. The Bertz CT molecular complexity index is 688. The quantitative estimate of drug-likeness (QED) is 0.734. The van der Waals surface area contributed by atoms with Gasteiger partial charge in [0.1, 0.15) is 11.5 Å². The molecule has 5 nitrogen and oxygen atoms in total. The number of fused-ring (bicyclic) bond motifs is 1. The van der Waals surface area contributed by atoms with Gasteiger partial charge in [0.2, 0.25) is 0 Å². The molecule has 1 aliphatic heterocycles. The number of H-pyrrole nitrogens is 1. The van der Waals surface area contributed by atoms with Crippen LogP contribution in [-0.2, 0) is 0 Å². The molecule has 4 N–H and O–H groups in total. The van der Waals surface area contributed by atoms with Crippen LogP contribution in [0.2, 0.25) is 5.02 Å². The molecule has 0 spiro atoms. The van der Waals surface area contributed by atoms with Crippen molar-refractivity contribution in [2.24, 2.45) is 10.7 Å². The molecule has 0 aromatic carbocycles. The standard InChI is InChI=1S/C11H9ClFN5/c12-5-1-6-7(3-16-10(6)15-2-5)11-17-4-8(13)9(14)18-11/h1-3H,4,14H2,(H,15,16)(H,17,18).